The molecule has 0 aliphatic heterocycles. The summed E-state index contributed by atoms with van der Waals surface area (Å²) in [6.45, 7) is 0. The van der Waals surface area contributed by atoms with E-state index >= 15 is 0 Å². The topological polar surface area (TPSA) is 64.4 Å². The summed E-state index contributed by atoms with van der Waals surface area (Å²) in [6.07, 6.45) is 4.59. The highest BCUT2D eigenvalue weighted by atomic mass is 32.1. The zero-order chi connectivity index (χ0) is 18.6. The quantitative estimate of drug-likeness (QED) is 0.485. The molecule has 4 aromatic rings. The lowest BCUT2D eigenvalue weighted by molar-refractivity contribution is -0.111. The SMILES string of the molecule is COc1ccc(-c2nc3ccccc3s2)cc1NC(=O)C=Cc1ccco1. The molecule has 5 nitrogen and oxygen atoms in total. The monoisotopic (exact) mass is 376 g/mol. The first-order valence-corrected chi connectivity index (χ1v) is 9.11. The number of aromatic nitrogens is 1. The van der Waals surface area contributed by atoms with Crippen molar-refractivity contribution in [3.8, 4) is 16.3 Å². The summed E-state index contributed by atoms with van der Waals surface area (Å²) in [5.41, 5.74) is 2.46. The minimum Gasteiger partial charge on any atom is -0.495 e. The second kappa shape index (κ2) is 7.47. The Labute approximate surface area is 159 Å². The van der Waals surface area contributed by atoms with Gasteiger partial charge < -0.3 is 14.5 Å². The summed E-state index contributed by atoms with van der Waals surface area (Å²) in [7, 11) is 1.57. The molecule has 134 valence electrons. The molecule has 2 aromatic heterocycles. The molecule has 27 heavy (non-hydrogen) atoms. The molecule has 0 aliphatic rings. The maximum Gasteiger partial charge on any atom is 0.248 e. The number of furan rings is 1. The number of para-hydroxylation sites is 1. The van der Waals surface area contributed by atoms with Crippen molar-refractivity contribution in [3.63, 3.8) is 0 Å². The molecule has 0 bridgehead atoms. The molecule has 0 radical (unpaired) electrons. The molecule has 0 saturated heterocycles. The average molecular weight is 376 g/mol. The van der Waals surface area contributed by atoms with Gasteiger partial charge in [0.2, 0.25) is 5.91 Å². The Morgan fingerprint density at radius 3 is 2.85 bits per heavy atom. The van der Waals surface area contributed by atoms with Crippen molar-refractivity contribution in [3.05, 3.63) is 72.7 Å². The summed E-state index contributed by atoms with van der Waals surface area (Å²) in [6, 6.07) is 17.2. The van der Waals surface area contributed by atoms with Gasteiger partial charge in [0.1, 0.15) is 16.5 Å². The smallest absolute Gasteiger partial charge is 0.248 e. The van der Waals surface area contributed by atoms with Gasteiger partial charge in [-0.3, -0.25) is 4.79 Å². The molecular weight excluding hydrogens is 360 g/mol. The molecule has 0 unspecified atom stereocenters. The number of carbonyl (C=O) groups is 1. The van der Waals surface area contributed by atoms with Crippen LogP contribution in [0.2, 0.25) is 0 Å². The van der Waals surface area contributed by atoms with Crippen LogP contribution in [0.3, 0.4) is 0 Å². The number of methoxy groups -OCH3 is 1. The molecule has 2 heterocycles. The van der Waals surface area contributed by atoms with Gasteiger partial charge >= 0.3 is 0 Å². The number of amides is 1. The van der Waals surface area contributed by atoms with Crippen molar-refractivity contribution in [1.29, 1.82) is 0 Å². The Morgan fingerprint density at radius 2 is 2.07 bits per heavy atom. The number of benzene rings is 2. The number of anilines is 1. The standard InChI is InChI=1S/C21H16N2O3S/c1-25-18-10-8-14(21-23-16-6-2-3-7-19(16)27-21)13-17(18)22-20(24)11-9-15-5-4-12-26-15/h2-13H,1H3,(H,22,24). The van der Waals surface area contributed by atoms with E-state index in [4.69, 9.17) is 9.15 Å². The fraction of sp³-hybridized carbons (Fsp3) is 0.0476. The van der Waals surface area contributed by atoms with E-state index < -0.39 is 0 Å². The molecule has 0 aliphatic carbocycles. The Kier molecular flexibility index (Phi) is 4.72. The Hall–Kier alpha value is -3.38. The van der Waals surface area contributed by atoms with Gasteiger partial charge in [0.15, 0.2) is 0 Å². The molecule has 6 heteroatoms. The van der Waals surface area contributed by atoms with Crippen molar-refractivity contribution in [2.75, 3.05) is 12.4 Å². The highest BCUT2D eigenvalue weighted by molar-refractivity contribution is 7.21. The van der Waals surface area contributed by atoms with Gasteiger partial charge in [-0.25, -0.2) is 4.98 Å². The highest BCUT2D eigenvalue weighted by Crippen LogP contribution is 2.34. The first-order valence-electron chi connectivity index (χ1n) is 8.29. The third kappa shape index (κ3) is 3.75. The van der Waals surface area contributed by atoms with Crippen LogP contribution in [0.4, 0.5) is 5.69 Å². The van der Waals surface area contributed by atoms with E-state index in [-0.39, 0.29) is 5.91 Å². The molecule has 1 amide bonds. The minimum atomic E-state index is -0.272. The second-order valence-electron chi connectivity index (χ2n) is 5.74. The average Bonchev–Trinajstić information content (AvgIpc) is 3.35. The van der Waals surface area contributed by atoms with E-state index in [2.05, 4.69) is 10.3 Å². The Bertz CT molecular complexity index is 1080. The summed E-state index contributed by atoms with van der Waals surface area (Å²) < 4.78 is 11.7. The van der Waals surface area contributed by atoms with Gasteiger partial charge in [0.05, 0.1) is 29.3 Å². The predicted octanol–water partition coefficient (Wildman–Crippen LogP) is 5.22. The van der Waals surface area contributed by atoms with E-state index in [0.717, 1.165) is 20.8 Å². The molecular formula is C21H16N2O3S. The van der Waals surface area contributed by atoms with E-state index in [1.807, 2.05) is 42.5 Å². The molecule has 0 saturated carbocycles. The summed E-state index contributed by atoms with van der Waals surface area (Å²) in [5, 5.41) is 3.74. The Balaban J connectivity index is 1.61. The van der Waals surface area contributed by atoms with Gasteiger partial charge in [-0.15, -0.1) is 11.3 Å². The minimum absolute atomic E-state index is 0.272. The zero-order valence-corrected chi connectivity index (χ0v) is 15.3. The first kappa shape index (κ1) is 17.1. The molecule has 0 fully saturated rings. The van der Waals surface area contributed by atoms with Crippen LogP contribution in [-0.2, 0) is 4.79 Å². The summed E-state index contributed by atoms with van der Waals surface area (Å²) in [5.74, 6) is 0.922. The number of rotatable bonds is 5. The summed E-state index contributed by atoms with van der Waals surface area (Å²) >= 11 is 1.61. The number of fused-ring (bicyclic) bond motifs is 1. The number of hydrogen-bond acceptors (Lipinski definition) is 5. The zero-order valence-electron chi connectivity index (χ0n) is 14.5. The van der Waals surface area contributed by atoms with Crippen LogP contribution in [0.1, 0.15) is 5.76 Å². The van der Waals surface area contributed by atoms with Crippen LogP contribution in [0, 0.1) is 0 Å². The third-order valence-corrected chi connectivity index (χ3v) is 5.03. The largest absolute Gasteiger partial charge is 0.495 e. The van der Waals surface area contributed by atoms with Crippen molar-refractivity contribution in [1.82, 2.24) is 4.98 Å². The lowest BCUT2D eigenvalue weighted by Gasteiger charge is -2.10. The molecule has 2 aromatic carbocycles. The van der Waals surface area contributed by atoms with Crippen LogP contribution >= 0.6 is 11.3 Å². The molecule has 1 N–H and O–H groups in total. The number of nitrogens with one attached hydrogen (secondary N) is 1. The first-order chi connectivity index (χ1) is 13.2. The van der Waals surface area contributed by atoms with E-state index in [0.29, 0.717) is 17.2 Å². The number of carbonyl (C=O) groups excluding carboxylic acids is 1. The second-order valence-corrected chi connectivity index (χ2v) is 6.77. The van der Waals surface area contributed by atoms with Gasteiger partial charge in [0.25, 0.3) is 0 Å². The molecule has 0 atom stereocenters. The normalized spacial score (nSPS) is 11.1. The van der Waals surface area contributed by atoms with E-state index in [9.17, 15) is 4.79 Å². The number of ether oxygens (including phenoxy) is 1. The third-order valence-electron chi connectivity index (χ3n) is 3.94. The predicted molar refractivity (Wildman–Crippen MR) is 108 cm³/mol. The van der Waals surface area contributed by atoms with Crippen molar-refractivity contribution < 1.29 is 13.9 Å². The van der Waals surface area contributed by atoms with Gasteiger partial charge in [-0.2, -0.15) is 0 Å². The van der Waals surface area contributed by atoms with Crippen molar-refractivity contribution >= 4 is 39.2 Å². The van der Waals surface area contributed by atoms with Crippen LogP contribution in [0.15, 0.2) is 71.4 Å². The number of nitrogens with zero attached hydrogens (tertiary/aromatic N) is 1. The fourth-order valence-corrected chi connectivity index (χ4v) is 3.61. The number of hydrogen-bond donors (Lipinski definition) is 1. The van der Waals surface area contributed by atoms with E-state index in [1.165, 1.54) is 6.08 Å². The van der Waals surface area contributed by atoms with Gasteiger partial charge in [-0.05, 0) is 48.5 Å². The fourth-order valence-electron chi connectivity index (χ4n) is 2.65. The maximum absolute atomic E-state index is 12.3. The van der Waals surface area contributed by atoms with Crippen molar-refractivity contribution in [2.45, 2.75) is 0 Å². The van der Waals surface area contributed by atoms with Crippen LogP contribution in [0.25, 0.3) is 26.9 Å². The van der Waals surface area contributed by atoms with Crippen LogP contribution in [-0.4, -0.2) is 18.0 Å². The van der Waals surface area contributed by atoms with Gasteiger partial charge in [-0.1, -0.05) is 12.1 Å². The highest BCUT2D eigenvalue weighted by Gasteiger charge is 2.11. The molecule has 4 rings (SSSR count). The van der Waals surface area contributed by atoms with Crippen LogP contribution in [0.5, 0.6) is 5.75 Å². The van der Waals surface area contributed by atoms with E-state index in [1.54, 1.807) is 42.9 Å². The van der Waals surface area contributed by atoms with Gasteiger partial charge in [0, 0.05) is 11.6 Å². The Morgan fingerprint density at radius 1 is 1.19 bits per heavy atom. The van der Waals surface area contributed by atoms with Crippen molar-refractivity contribution in [2.24, 2.45) is 0 Å². The maximum atomic E-state index is 12.3. The number of thiazole rings is 1. The lowest BCUT2D eigenvalue weighted by atomic mass is 10.2. The lowest BCUT2D eigenvalue weighted by Crippen LogP contribution is -2.09. The molecule has 0 spiro atoms. The summed E-state index contributed by atoms with van der Waals surface area (Å²) in [4.78, 5) is 16.9. The van der Waals surface area contributed by atoms with Crippen LogP contribution < -0.4 is 10.1 Å².